The third kappa shape index (κ3) is 11.8. The minimum absolute atomic E-state index is 0. The van der Waals surface area contributed by atoms with Gasteiger partial charge in [0.25, 0.3) is 0 Å². The SMILES string of the molecule is [CH2-]CCC.[Ti+2]. The van der Waals surface area contributed by atoms with Gasteiger partial charge >= 0.3 is 21.7 Å². The van der Waals surface area contributed by atoms with Gasteiger partial charge in [0.2, 0.25) is 0 Å². The van der Waals surface area contributed by atoms with Crippen molar-refractivity contribution >= 4 is 0 Å². The van der Waals surface area contributed by atoms with E-state index in [9.17, 15) is 0 Å². The molecule has 0 aromatic rings. The van der Waals surface area contributed by atoms with Crippen LogP contribution in [0.15, 0.2) is 0 Å². The summed E-state index contributed by atoms with van der Waals surface area (Å²) in [4.78, 5) is 0. The molecule has 0 aliphatic rings. The van der Waals surface area contributed by atoms with E-state index in [1.165, 1.54) is 6.42 Å². The number of unbranched alkanes of at least 4 members (excludes halogenated alkanes) is 1. The molecule has 0 amide bonds. The Bertz CT molecular complexity index is 5.61. The molecule has 0 unspecified atom stereocenters. The molecule has 0 nitrogen and oxygen atoms in total. The van der Waals surface area contributed by atoms with E-state index in [4.69, 9.17) is 0 Å². The van der Waals surface area contributed by atoms with Crippen LogP contribution in [0.4, 0.5) is 0 Å². The smallest absolute Gasteiger partial charge is 0.343 e. The monoisotopic (exact) mass is 105 g/mol. The summed E-state index contributed by atoms with van der Waals surface area (Å²) < 4.78 is 0. The van der Waals surface area contributed by atoms with E-state index >= 15 is 0 Å². The molecule has 0 aromatic heterocycles. The molecule has 0 aliphatic carbocycles. The van der Waals surface area contributed by atoms with E-state index in [0.29, 0.717) is 0 Å². The van der Waals surface area contributed by atoms with Crippen LogP contribution in [-0.2, 0) is 21.7 Å². The average molecular weight is 105 g/mol. The van der Waals surface area contributed by atoms with Crippen molar-refractivity contribution < 1.29 is 21.7 Å². The summed E-state index contributed by atoms with van der Waals surface area (Å²) in [6.07, 6.45) is 2.28. The molecule has 0 aliphatic heterocycles. The molecule has 1 heteroatoms. The van der Waals surface area contributed by atoms with Crippen molar-refractivity contribution in [3.05, 3.63) is 6.92 Å². The second-order valence-electron chi connectivity index (χ2n) is 0.854. The van der Waals surface area contributed by atoms with E-state index in [-0.39, 0.29) is 21.7 Å². The Labute approximate surface area is 48.8 Å². The van der Waals surface area contributed by atoms with Crippen LogP contribution in [-0.4, -0.2) is 0 Å². The maximum Gasteiger partial charge on any atom is 2.00 e. The summed E-state index contributed by atoms with van der Waals surface area (Å²) in [6, 6.07) is 0. The van der Waals surface area contributed by atoms with E-state index in [1.807, 2.05) is 0 Å². The predicted molar refractivity (Wildman–Crippen MR) is 20.3 cm³/mol. The average Bonchev–Trinajstić information content (AvgIpc) is 1.37. The van der Waals surface area contributed by atoms with Crippen LogP contribution in [0, 0.1) is 6.92 Å². The van der Waals surface area contributed by atoms with E-state index < -0.39 is 0 Å². The maximum absolute atomic E-state index is 3.60. The second-order valence-corrected chi connectivity index (χ2v) is 0.854. The Morgan fingerprint density at radius 3 is 1.80 bits per heavy atom. The van der Waals surface area contributed by atoms with Gasteiger partial charge in [-0.05, 0) is 0 Å². The van der Waals surface area contributed by atoms with Gasteiger partial charge in [-0.1, -0.05) is 13.3 Å². The van der Waals surface area contributed by atoms with E-state index in [2.05, 4.69) is 13.8 Å². The summed E-state index contributed by atoms with van der Waals surface area (Å²) in [5.74, 6) is 0. The molecule has 0 spiro atoms. The van der Waals surface area contributed by atoms with Crippen LogP contribution in [0.1, 0.15) is 19.8 Å². The van der Waals surface area contributed by atoms with Crippen molar-refractivity contribution in [2.75, 3.05) is 0 Å². The first-order chi connectivity index (χ1) is 1.91. The van der Waals surface area contributed by atoms with Gasteiger partial charge in [-0.15, -0.1) is 0 Å². The minimum atomic E-state index is 0. The van der Waals surface area contributed by atoms with Gasteiger partial charge in [-0.25, -0.2) is 0 Å². The molecular weight excluding hydrogens is 95.9 g/mol. The molecule has 0 radical (unpaired) electrons. The maximum atomic E-state index is 3.60. The normalized spacial score (nSPS) is 6.00. The number of rotatable bonds is 1. The standard InChI is InChI=1S/C4H9.Ti/c1-3-4-2;/h1,3-4H2,2H3;/q-1;+2. The molecular formula is C4H9Ti+. The molecule has 5 heavy (non-hydrogen) atoms. The van der Waals surface area contributed by atoms with Gasteiger partial charge in [0.05, 0.1) is 0 Å². The Morgan fingerprint density at radius 1 is 1.60 bits per heavy atom. The van der Waals surface area contributed by atoms with Crippen LogP contribution in [0.3, 0.4) is 0 Å². The quantitative estimate of drug-likeness (QED) is 0.351. The number of hydrogen-bond acceptors (Lipinski definition) is 0. The molecule has 0 fully saturated rings. The summed E-state index contributed by atoms with van der Waals surface area (Å²) in [5.41, 5.74) is 0. The van der Waals surface area contributed by atoms with Crippen molar-refractivity contribution in [2.45, 2.75) is 19.8 Å². The Balaban J connectivity index is 0. The van der Waals surface area contributed by atoms with Crippen LogP contribution in [0.25, 0.3) is 0 Å². The topological polar surface area (TPSA) is 0 Å². The van der Waals surface area contributed by atoms with Gasteiger partial charge in [0, 0.05) is 0 Å². The van der Waals surface area contributed by atoms with E-state index in [1.54, 1.807) is 0 Å². The molecule has 0 heterocycles. The largest absolute Gasteiger partial charge is 2.00 e. The van der Waals surface area contributed by atoms with Gasteiger partial charge in [0.1, 0.15) is 0 Å². The summed E-state index contributed by atoms with van der Waals surface area (Å²) in [7, 11) is 0. The molecule has 0 saturated heterocycles. The zero-order valence-corrected chi connectivity index (χ0v) is 5.18. The van der Waals surface area contributed by atoms with Gasteiger partial charge in [0.15, 0.2) is 0 Å². The molecule has 0 aromatic carbocycles. The zero-order chi connectivity index (χ0) is 3.41. The van der Waals surface area contributed by atoms with Crippen LogP contribution in [0.2, 0.25) is 0 Å². The summed E-state index contributed by atoms with van der Waals surface area (Å²) >= 11 is 0. The predicted octanol–water partition coefficient (Wildman–Crippen LogP) is 1.62. The van der Waals surface area contributed by atoms with E-state index in [0.717, 1.165) is 6.42 Å². The van der Waals surface area contributed by atoms with Crippen LogP contribution < -0.4 is 0 Å². The van der Waals surface area contributed by atoms with Crippen molar-refractivity contribution in [1.29, 1.82) is 0 Å². The molecule has 28 valence electrons. The summed E-state index contributed by atoms with van der Waals surface area (Å²) in [6.45, 7) is 5.72. The van der Waals surface area contributed by atoms with Crippen molar-refractivity contribution in [3.63, 3.8) is 0 Å². The first-order valence-electron chi connectivity index (χ1n) is 1.71. The second kappa shape index (κ2) is 8.83. The first kappa shape index (κ1) is 9.21. The number of hydrogen-bond donors (Lipinski definition) is 0. The molecule has 0 saturated carbocycles. The Kier molecular flexibility index (Phi) is 16.3. The third-order valence-corrected chi connectivity index (χ3v) is 0.354. The molecule has 0 bridgehead atoms. The van der Waals surface area contributed by atoms with Crippen LogP contribution in [0.5, 0.6) is 0 Å². The minimum Gasteiger partial charge on any atom is -0.343 e. The van der Waals surface area contributed by atoms with Crippen molar-refractivity contribution in [3.8, 4) is 0 Å². The third-order valence-electron chi connectivity index (χ3n) is 0.354. The Morgan fingerprint density at radius 2 is 1.80 bits per heavy atom. The first-order valence-corrected chi connectivity index (χ1v) is 1.71. The van der Waals surface area contributed by atoms with Crippen molar-refractivity contribution in [1.82, 2.24) is 0 Å². The Hall–Kier alpha value is 0.714. The summed E-state index contributed by atoms with van der Waals surface area (Å²) in [5, 5.41) is 0. The van der Waals surface area contributed by atoms with Gasteiger partial charge in [-0.3, -0.25) is 0 Å². The van der Waals surface area contributed by atoms with Gasteiger partial charge < -0.3 is 6.92 Å². The fraction of sp³-hybridized carbons (Fsp3) is 0.750. The zero-order valence-electron chi connectivity index (χ0n) is 3.62. The van der Waals surface area contributed by atoms with Crippen molar-refractivity contribution in [2.24, 2.45) is 0 Å². The molecule has 0 atom stereocenters. The molecule has 0 rings (SSSR count). The fourth-order valence-electron chi connectivity index (χ4n) is 0. The van der Waals surface area contributed by atoms with Crippen LogP contribution >= 0.6 is 0 Å². The fourth-order valence-corrected chi connectivity index (χ4v) is 0. The van der Waals surface area contributed by atoms with Gasteiger partial charge in [-0.2, -0.15) is 6.42 Å². The molecule has 0 N–H and O–H groups in total.